The molecule has 1 aromatic heterocycles. The summed E-state index contributed by atoms with van der Waals surface area (Å²) in [6.45, 7) is 3.38. The van der Waals surface area contributed by atoms with Gasteiger partial charge < -0.3 is 14.8 Å². The van der Waals surface area contributed by atoms with Crippen LogP contribution in [-0.4, -0.2) is 25.3 Å². The van der Waals surface area contributed by atoms with Crippen LogP contribution in [0.3, 0.4) is 0 Å². The summed E-state index contributed by atoms with van der Waals surface area (Å²) in [7, 11) is 1.63. The van der Waals surface area contributed by atoms with Crippen molar-refractivity contribution >= 4 is 5.69 Å². The lowest BCUT2D eigenvalue weighted by Gasteiger charge is -2.09. The van der Waals surface area contributed by atoms with Gasteiger partial charge in [-0.2, -0.15) is 0 Å². The van der Waals surface area contributed by atoms with E-state index in [-0.39, 0.29) is 5.82 Å². The van der Waals surface area contributed by atoms with E-state index in [1.54, 1.807) is 32.4 Å². The number of halogens is 1. The number of hydrogen-bond acceptors (Lipinski definition) is 4. The van der Waals surface area contributed by atoms with E-state index in [4.69, 9.17) is 9.47 Å². The standard InChI is InChI=1S/C16H19FN2O2/c1-12-9-13(3-5-15(12)17)10-18-14-4-6-16(19-11-14)21-8-7-20-2/h3-6,9,11,18H,7-8,10H2,1-2H3. The van der Waals surface area contributed by atoms with Crippen molar-refractivity contribution in [1.29, 1.82) is 0 Å². The number of aromatic nitrogens is 1. The minimum Gasteiger partial charge on any atom is -0.475 e. The van der Waals surface area contributed by atoms with E-state index in [0.29, 0.717) is 31.2 Å². The average molecular weight is 290 g/mol. The largest absolute Gasteiger partial charge is 0.475 e. The number of methoxy groups -OCH3 is 1. The first-order chi connectivity index (χ1) is 10.2. The monoisotopic (exact) mass is 290 g/mol. The fourth-order valence-electron chi connectivity index (χ4n) is 1.82. The summed E-state index contributed by atoms with van der Waals surface area (Å²) in [4.78, 5) is 4.19. The van der Waals surface area contributed by atoms with Crippen LogP contribution in [0.25, 0.3) is 0 Å². The molecule has 0 aliphatic rings. The number of rotatable bonds is 7. The third-order valence-corrected chi connectivity index (χ3v) is 2.99. The van der Waals surface area contributed by atoms with Gasteiger partial charge in [0.05, 0.1) is 18.5 Å². The number of ether oxygens (including phenoxy) is 2. The van der Waals surface area contributed by atoms with E-state index in [1.807, 2.05) is 12.1 Å². The molecule has 0 aliphatic heterocycles. The predicted octanol–water partition coefficient (Wildman–Crippen LogP) is 3.17. The van der Waals surface area contributed by atoms with Gasteiger partial charge in [0.2, 0.25) is 5.88 Å². The van der Waals surface area contributed by atoms with Crippen molar-refractivity contribution in [3.8, 4) is 5.88 Å². The maximum atomic E-state index is 13.2. The second kappa shape index (κ2) is 7.59. The van der Waals surface area contributed by atoms with Crippen molar-refractivity contribution in [2.24, 2.45) is 0 Å². The lowest BCUT2D eigenvalue weighted by atomic mass is 10.1. The van der Waals surface area contributed by atoms with Crippen LogP contribution in [0.4, 0.5) is 10.1 Å². The van der Waals surface area contributed by atoms with Crippen LogP contribution >= 0.6 is 0 Å². The molecule has 0 aliphatic carbocycles. The topological polar surface area (TPSA) is 43.4 Å². The van der Waals surface area contributed by atoms with Gasteiger partial charge in [-0.25, -0.2) is 9.37 Å². The van der Waals surface area contributed by atoms with E-state index in [9.17, 15) is 4.39 Å². The lowest BCUT2D eigenvalue weighted by molar-refractivity contribution is 0.144. The molecule has 0 radical (unpaired) electrons. The van der Waals surface area contributed by atoms with E-state index >= 15 is 0 Å². The highest BCUT2D eigenvalue weighted by molar-refractivity contribution is 5.43. The number of hydrogen-bond donors (Lipinski definition) is 1. The fourth-order valence-corrected chi connectivity index (χ4v) is 1.82. The van der Waals surface area contributed by atoms with Gasteiger partial charge in [-0.15, -0.1) is 0 Å². The molecule has 0 fully saturated rings. The molecule has 2 aromatic rings. The molecule has 1 aromatic carbocycles. The summed E-state index contributed by atoms with van der Waals surface area (Å²) >= 11 is 0. The van der Waals surface area contributed by atoms with Gasteiger partial charge in [-0.05, 0) is 30.2 Å². The first-order valence-electron chi connectivity index (χ1n) is 6.76. The number of benzene rings is 1. The smallest absolute Gasteiger partial charge is 0.213 e. The molecule has 1 heterocycles. The van der Waals surface area contributed by atoms with Crippen LogP contribution < -0.4 is 10.1 Å². The summed E-state index contributed by atoms with van der Waals surface area (Å²) in [5.74, 6) is 0.383. The van der Waals surface area contributed by atoms with Gasteiger partial charge in [0.15, 0.2) is 0 Å². The molecule has 21 heavy (non-hydrogen) atoms. The maximum absolute atomic E-state index is 13.2. The fraction of sp³-hybridized carbons (Fsp3) is 0.312. The van der Waals surface area contributed by atoms with Crippen molar-refractivity contribution in [2.45, 2.75) is 13.5 Å². The molecular weight excluding hydrogens is 271 g/mol. The average Bonchev–Trinajstić information content (AvgIpc) is 2.50. The van der Waals surface area contributed by atoms with Crippen molar-refractivity contribution in [2.75, 3.05) is 25.6 Å². The van der Waals surface area contributed by atoms with E-state index in [2.05, 4.69) is 10.3 Å². The molecule has 4 nitrogen and oxygen atoms in total. The van der Waals surface area contributed by atoms with Gasteiger partial charge in [-0.1, -0.05) is 12.1 Å². The van der Waals surface area contributed by atoms with Crippen LogP contribution in [0, 0.1) is 12.7 Å². The summed E-state index contributed by atoms with van der Waals surface area (Å²) in [6, 6.07) is 8.78. The van der Waals surface area contributed by atoms with Crippen LogP contribution in [0.1, 0.15) is 11.1 Å². The Labute approximate surface area is 123 Å². The van der Waals surface area contributed by atoms with Crippen LogP contribution in [0.2, 0.25) is 0 Å². The highest BCUT2D eigenvalue weighted by Crippen LogP contribution is 2.14. The van der Waals surface area contributed by atoms with Gasteiger partial charge in [-0.3, -0.25) is 0 Å². The third-order valence-electron chi connectivity index (χ3n) is 2.99. The third kappa shape index (κ3) is 4.72. The Morgan fingerprint density at radius 2 is 2.05 bits per heavy atom. The summed E-state index contributed by atoms with van der Waals surface area (Å²) in [5.41, 5.74) is 2.56. The van der Waals surface area contributed by atoms with Gasteiger partial charge in [0.1, 0.15) is 12.4 Å². The molecule has 112 valence electrons. The molecular formula is C16H19FN2O2. The quantitative estimate of drug-likeness (QED) is 0.795. The van der Waals surface area contributed by atoms with Gasteiger partial charge >= 0.3 is 0 Å². The van der Waals surface area contributed by atoms with Crippen molar-refractivity contribution in [1.82, 2.24) is 4.98 Å². The Balaban J connectivity index is 1.86. The van der Waals surface area contributed by atoms with Crippen LogP contribution in [0.15, 0.2) is 36.5 Å². The highest BCUT2D eigenvalue weighted by Gasteiger charge is 2.00. The number of nitrogens with zero attached hydrogens (tertiary/aromatic N) is 1. The van der Waals surface area contributed by atoms with Crippen molar-refractivity contribution in [3.05, 3.63) is 53.5 Å². The number of anilines is 1. The van der Waals surface area contributed by atoms with E-state index in [1.165, 1.54) is 6.07 Å². The number of pyridine rings is 1. The zero-order valence-electron chi connectivity index (χ0n) is 12.2. The lowest BCUT2D eigenvalue weighted by Crippen LogP contribution is -2.05. The second-order valence-electron chi connectivity index (χ2n) is 4.66. The van der Waals surface area contributed by atoms with Gasteiger partial charge in [0, 0.05) is 19.7 Å². The molecule has 0 unspecified atom stereocenters. The van der Waals surface area contributed by atoms with Crippen LogP contribution in [-0.2, 0) is 11.3 Å². The summed E-state index contributed by atoms with van der Waals surface area (Å²) in [5, 5.41) is 3.24. The Kier molecular flexibility index (Phi) is 5.51. The maximum Gasteiger partial charge on any atom is 0.213 e. The SMILES string of the molecule is COCCOc1ccc(NCc2ccc(F)c(C)c2)cn1. The van der Waals surface area contributed by atoms with E-state index in [0.717, 1.165) is 11.3 Å². The molecule has 5 heteroatoms. The minimum absolute atomic E-state index is 0.182. The Morgan fingerprint density at radius 3 is 2.71 bits per heavy atom. The molecule has 0 bridgehead atoms. The van der Waals surface area contributed by atoms with E-state index < -0.39 is 0 Å². The number of aryl methyl sites for hydroxylation is 1. The second-order valence-corrected chi connectivity index (χ2v) is 4.66. The zero-order valence-corrected chi connectivity index (χ0v) is 12.2. The predicted molar refractivity (Wildman–Crippen MR) is 80.1 cm³/mol. The molecule has 0 amide bonds. The molecule has 2 rings (SSSR count). The van der Waals surface area contributed by atoms with Gasteiger partial charge in [0.25, 0.3) is 0 Å². The van der Waals surface area contributed by atoms with Crippen LogP contribution in [0.5, 0.6) is 5.88 Å². The minimum atomic E-state index is -0.182. The van der Waals surface area contributed by atoms with Crippen molar-refractivity contribution in [3.63, 3.8) is 0 Å². The number of nitrogens with one attached hydrogen (secondary N) is 1. The Bertz CT molecular complexity index is 573. The Morgan fingerprint density at radius 1 is 1.19 bits per heavy atom. The highest BCUT2D eigenvalue weighted by atomic mass is 19.1. The molecule has 0 spiro atoms. The Hall–Kier alpha value is -2.14. The zero-order chi connectivity index (χ0) is 15.1. The molecule has 0 atom stereocenters. The summed E-state index contributed by atoms with van der Waals surface area (Å²) < 4.78 is 23.5. The first-order valence-corrected chi connectivity index (χ1v) is 6.76. The normalized spacial score (nSPS) is 10.4. The first kappa shape index (κ1) is 15.3. The summed E-state index contributed by atoms with van der Waals surface area (Å²) in [6.07, 6.45) is 1.71. The molecule has 1 N–H and O–H groups in total. The molecule has 0 saturated heterocycles. The molecule has 0 saturated carbocycles. The van der Waals surface area contributed by atoms with Crippen molar-refractivity contribution < 1.29 is 13.9 Å².